The largest absolute Gasteiger partial charge is 0.258 e. The molecule has 4 aromatic rings. The highest BCUT2D eigenvalue weighted by atomic mass is 31.2. The lowest BCUT2D eigenvalue weighted by Crippen LogP contribution is -2.37. The third-order valence-electron chi connectivity index (χ3n) is 7.48. The lowest BCUT2D eigenvalue weighted by atomic mass is 9.87. The molecule has 0 amide bonds. The summed E-state index contributed by atoms with van der Waals surface area (Å²) < 4.78 is 6.03. The van der Waals surface area contributed by atoms with E-state index in [1.165, 1.54) is 38.4 Å². The zero-order chi connectivity index (χ0) is 27.7. The normalized spacial score (nSPS) is 13.3. The van der Waals surface area contributed by atoms with E-state index in [0.717, 1.165) is 5.69 Å². The minimum atomic E-state index is -2.31. The Balaban J connectivity index is 2.19. The van der Waals surface area contributed by atoms with Gasteiger partial charge < -0.3 is 0 Å². The number of aryl methyl sites for hydroxylation is 3. The molecular weight excluding hydrogens is 493 g/mol. The van der Waals surface area contributed by atoms with E-state index < -0.39 is 15.1 Å². The molecule has 1 atom stereocenters. The van der Waals surface area contributed by atoms with Crippen LogP contribution in [-0.2, 0) is 5.41 Å². The van der Waals surface area contributed by atoms with Gasteiger partial charge in [0.25, 0.3) is 0 Å². The van der Waals surface area contributed by atoms with Crippen LogP contribution in [0.4, 0.5) is 5.69 Å². The molecule has 4 rings (SSSR count). The quantitative estimate of drug-likeness (QED) is 0.171. The molecule has 0 aromatic heterocycles. The Morgan fingerprint density at radius 2 is 1.11 bits per heavy atom. The van der Waals surface area contributed by atoms with Crippen molar-refractivity contribution < 1.29 is 0 Å². The molecule has 0 spiro atoms. The van der Waals surface area contributed by atoms with E-state index >= 15 is 0 Å². The summed E-state index contributed by atoms with van der Waals surface area (Å²) in [5.41, 5.74) is 7.89. The van der Waals surface area contributed by atoms with Crippen molar-refractivity contribution in [1.29, 1.82) is 0 Å². The van der Waals surface area contributed by atoms with E-state index in [9.17, 15) is 0 Å². The van der Waals surface area contributed by atoms with Gasteiger partial charge in [-0.2, -0.15) is 0 Å². The number of hydrogen-bond donors (Lipinski definition) is 0. The highest BCUT2D eigenvalue weighted by Gasteiger charge is 2.43. The van der Waals surface area contributed by atoms with Crippen molar-refractivity contribution in [3.05, 3.63) is 125 Å². The average molecular weight is 538 g/mol. The first-order valence-electron chi connectivity index (χ1n) is 13.8. The summed E-state index contributed by atoms with van der Waals surface area (Å²) in [7, 11) is -4.15. The topological polar surface area (TPSA) is 12.4 Å². The maximum absolute atomic E-state index is 6.03. The summed E-state index contributed by atoms with van der Waals surface area (Å²) in [6, 6.07) is 36.5. The Bertz CT molecular complexity index is 1370. The van der Waals surface area contributed by atoms with Gasteiger partial charge in [0.15, 0.2) is 0 Å². The van der Waals surface area contributed by atoms with Crippen LogP contribution in [0.3, 0.4) is 0 Å². The number of hydrogen-bond acceptors (Lipinski definition) is 1. The van der Waals surface area contributed by atoms with E-state index in [1.807, 2.05) is 0 Å². The summed E-state index contributed by atoms with van der Waals surface area (Å²) in [6.45, 7) is 21.1. The maximum Gasteiger partial charge on any atom is 0.0679 e. The van der Waals surface area contributed by atoms with Crippen LogP contribution in [0.1, 0.15) is 53.9 Å². The monoisotopic (exact) mass is 537 g/mol. The van der Waals surface area contributed by atoms with Crippen molar-refractivity contribution in [1.82, 2.24) is 0 Å². The summed E-state index contributed by atoms with van der Waals surface area (Å²) in [6.07, 6.45) is 0. The second kappa shape index (κ2) is 10.8. The number of nitrogens with zero attached hydrogens (tertiary/aromatic N) is 1. The minimum Gasteiger partial charge on any atom is -0.258 e. The summed E-state index contributed by atoms with van der Waals surface area (Å²) in [5.74, 6) is 0. The van der Waals surface area contributed by atoms with Gasteiger partial charge in [-0.25, -0.2) is 0 Å². The van der Waals surface area contributed by atoms with Gasteiger partial charge in [0.1, 0.15) is 0 Å². The molecule has 0 aliphatic rings. The van der Waals surface area contributed by atoms with Gasteiger partial charge in [-0.1, -0.05) is 143 Å². The predicted octanol–water partition coefficient (Wildman–Crippen LogP) is 10.0. The Hall–Kier alpha value is -2.67. The molecule has 0 fully saturated rings. The standard InChI is InChI=1S/C35H44NPSi/c1-26-24-27(2)33(28(3)25-26)36-37(31-16-12-10-13-17-31,32-18-14-11-15-19-32)34(38(7,8)9)29-20-22-30(23-21-29)35(4,5)6/h10-25,34H,1-9H3. The van der Waals surface area contributed by atoms with Crippen LogP contribution >= 0.6 is 7.05 Å². The molecule has 38 heavy (non-hydrogen) atoms. The van der Waals surface area contributed by atoms with Gasteiger partial charge >= 0.3 is 0 Å². The molecule has 0 saturated heterocycles. The van der Waals surface area contributed by atoms with E-state index in [1.54, 1.807) is 0 Å². The SMILES string of the molecule is Cc1cc(C)c(N=P(c2ccccc2)(c2ccccc2)C(c2ccc(C(C)(C)C)cc2)[Si](C)(C)C)c(C)c1. The Morgan fingerprint density at radius 1 is 0.658 bits per heavy atom. The van der Waals surface area contributed by atoms with Crippen molar-refractivity contribution >= 4 is 31.4 Å². The van der Waals surface area contributed by atoms with Gasteiger partial charge in [-0.15, -0.1) is 0 Å². The molecule has 0 heterocycles. The average Bonchev–Trinajstić information content (AvgIpc) is 2.85. The fourth-order valence-electron chi connectivity index (χ4n) is 5.86. The molecule has 4 aromatic carbocycles. The molecule has 1 unspecified atom stereocenters. The van der Waals surface area contributed by atoms with Crippen LogP contribution in [0.25, 0.3) is 0 Å². The summed E-state index contributed by atoms with van der Waals surface area (Å²) >= 11 is 0. The molecule has 0 bridgehead atoms. The van der Waals surface area contributed by atoms with Crippen molar-refractivity contribution in [3.63, 3.8) is 0 Å². The molecule has 0 aliphatic heterocycles. The highest BCUT2D eigenvalue weighted by molar-refractivity contribution is 7.83. The molecule has 0 radical (unpaired) electrons. The van der Waals surface area contributed by atoms with E-state index in [0.29, 0.717) is 5.28 Å². The lowest BCUT2D eigenvalue weighted by molar-refractivity contribution is 0.590. The van der Waals surface area contributed by atoms with Crippen molar-refractivity contribution in [2.45, 2.75) is 71.9 Å². The third kappa shape index (κ3) is 5.68. The summed E-state index contributed by atoms with van der Waals surface area (Å²) in [5, 5.41) is 3.05. The van der Waals surface area contributed by atoms with E-state index in [4.69, 9.17) is 4.74 Å². The van der Waals surface area contributed by atoms with Crippen LogP contribution in [0.2, 0.25) is 19.6 Å². The molecule has 0 aliphatic carbocycles. The molecule has 1 nitrogen and oxygen atoms in total. The first-order valence-corrected chi connectivity index (χ1v) is 19.1. The number of benzene rings is 4. The second-order valence-corrected chi connectivity index (χ2v) is 21.8. The predicted molar refractivity (Wildman–Crippen MR) is 173 cm³/mol. The van der Waals surface area contributed by atoms with Gasteiger partial charge in [0.2, 0.25) is 0 Å². The van der Waals surface area contributed by atoms with Crippen molar-refractivity contribution in [2.75, 3.05) is 0 Å². The Kier molecular flexibility index (Phi) is 8.08. The van der Waals surface area contributed by atoms with Crippen molar-refractivity contribution in [2.24, 2.45) is 4.74 Å². The minimum absolute atomic E-state index is 0.124. The Morgan fingerprint density at radius 3 is 1.50 bits per heavy atom. The third-order valence-corrected chi connectivity index (χ3v) is 16.6. The maximum atomic E-state index is 6.03. The lowest BCUT2D eigenvalue weighted by Gasteiger charge is -2.42. The van der Waals surface area contributed by atoms with Crippen LogP contribution in [-0.4, -0.2) is 8.07 Å². The van der Waals surface area contributed by atoms with Gasteiger partial charge in [0, 0.05) is 12.3 Å². The van der Waals surface area contributed by atoms with Crippen LogP contribution in [0.5, 0.6) is 0 Å². The smallest absolute Gasteiger partial charge is 0.0679 e. The zero-order valence-corrected chi connectivity index (χ0v) is 26.6. The van der Waals surface area contributed by atoms with Crippen LogP contribution in [0, 0.1) is 20.8 Å². The zero-order valence-electron chi connectivity index (χ0n) is 24.7. The fraction of sp³-hybridized carbons (Fsp3) is 0.314. The fourth-order valence-corrected chi connectivity index (χ4v) is 16.3. The highest BCUT2D eigenvalue weighted by Crippen LogP contribution is 2.65. The van der Waals surface area contributed by atoms with E-state index in [-0.39, 0.29) is 5.41 Å². The van der Waals surface area contributed by atoms with Gasteiger partial charge in [-0.05, 0) is 59.0 Å². The van der Waals surface area contributed by atoms with Crippen LogP contribution in [0.15, 0.2) is 102 Å². The molecule has 3 heteroatoms. The van der Waals surface area contributed by atoms with Gasteiger partial charge in [-0.3, -0.25) is 4.74 Å². The number of rotatable bonds is 6. The van der Waals surface area contributed by atoms with Crippen LogP contribution < -0.4 is 10.6 Å². The molecule has 198 valence electrons. The van der Waals surface area contributed by atoms with E-state index in [2.05, 4.69) is 158 Å². The first kappa shape index (κ1) is 28.3. The molecule has 0 saturated carbocycles. The second-order valence-electron chi connectivity index (χ2n) is 12.8. The summed E-state index contributed by atoms with van der Waals surface area (Å²) in [4.78, 5) is 0. The van der Waals surface area contributed by atoms with Gasteiger partial charge in [0.05, 0.1) is 13.8 Å². The molecule has 0 N–H and O–H groups in total. The first-order chi connectivity index (χ1) is 17.8. The van der Waals surface area contributed by atoms with Crippen molar-refractivity contribution in [3.8, 4) is 0 Å². The molecular formula is C35H44NPSi. The Labute approximate surface area is 232 Å².